The zero-order valence-corrected chi connectivity index (χ0v) is 12.2. The fourth-order valence-electron chi connectivity index (χ4n) is 0.371. The SMILES string of the molecule is CCCCOS(=S)(=S)SSSS. The van der Waals surface area contributed by atoms with Crippen molar-refractivity contribution >= 4 is 70.0 Å². The molecular weight excluding hydrogens is 289 g/mol. The first-order chi connectivity index (χ1) is 5.62. The lowest BCUT2D eigenvalue weighted by Gasteiger charge is -2.07. The molecule has 0 aliphatic carbocycles. The summed E-state index contributed by atoms with van der Waals surface area (Å²) < 4.78 is 5.38. The van der Waals surface area contributed by atoms with Gasteiger partial charge >= 0.3 is 0 Å². The summed E-state index contributed by atoms with van der Waals surface area (Å²) in [5, 5.41) is 0. The van der Waals surface area contributed by atoms with Gasteiger partial charge in [0.05, 0.1) is 13.1 Å². The van der Waals surface area contributed by atoms with Crippen molar-refractivity contribution < 1.29 is 4.18 Å². The summed E-state index contributed by atoms with van der Waals surface area (Å²) in [5.74, 6) is 0. The number of hydrogen-bond acceptors (Lipinski definition) is 7. The monoisotopic (exact) mass is 298 g/mol. The van der Waals surface area contributed by atoms with Gasteiger partial charge in [0.15, 0.2) is 0 Å². The Bertz CT molecular complexity index is 186. The van der Waals surface area contributed by atoms with Crippen LogP contribution in [-0.4, -0.2) is 6.61 Å². The van der Waals surface area contributed by atoms with E-state index in [-0.39, 0.29) is 0 Å². The summed E-state index contributed by atoms with van der Waals surface area (Å²) in [6.45, 7) is 1.05. The van der Waals surface area contributed by atoms with Gasteiger partial charge in [-0.3, -0.25) is 0 Å². The molecule has 0 saturated carbocycles. The molecule has 0 aromatic heterocycles. The standard InChI is InChI=1S/C4H10OS7/c1-2-3-4-5-12(7,8)11-10-9-6/h6H,2-4H2,1H3. The van der Waals surface area contributed by atoms with Crippen molar-refractivity contribution in [2.75, 3.05) is 6.61 Å². The van der Waals surface area contributed by atoms with E-state index in [0.29, 0.717) is 6.61 Å². The van der Waals surface area contributed by atoms with Crippen molar-refractivity contribution in [3.8, 4) is 0 Å². The van der Waals surface area contributed by atoms with Crippen molar-refractivity contribution in [3.05, 3.63) is 0 Å². The zero-order valence-electron chi connectivity index (χ0n) is 6.43. The smallest absolute Gasteiger partial charge is 0.0820 e. The third-order valence-corrected chi connectivity index (χ3v) is 12.0. The van der Waals surface area contributed by atoms with Crippen LogP contribution in [0.1, 0.15) is 19.8 Å². The maximum absolute atomic E-state index is 5.38. The molecule has 0 aliphatic heterocycles. The van der Waals surface area contributed by atoms with Gasteiger partial charge in [0, 0.05) is 19.7 Å². The third kappa shape index (κ3) is 8.74. The zero-order chi connectivity index (χ0) is 9.45. The van der Waals surface area contributed by atoms with Gasteiger partial charge in [0.1, 0.15) is 0 Å². The Labute approximate surface area is 99.6 Å². The second-order valence-corrected chi connectivity index (χ2v) is 14.4. The predicted octanol–water partition coefficient (Wildman–Crippen LogP) is 3.59. The van der Waals surface area contributed by atoms with E-state index in [1.54, 1.807) is 0 Å². The molecule has 74 valence electrons. The molecule has 0 fully saturated rings. The minimum Gasteiger partial charge on any atom is -0.301 e. The molecule has 0 heterocycles. The second kappa shape index (κ2) is 8.46. The van der Waals surface area contributed by atoms with E-state index in [4.69, 9.17) is 26.6 Å². The number of rotatable bonds is 7. The Morgan fingerprint density at radius 1 is 1.50 bits per heavy atom. The highest BCUT2D eigenvalue weighted by molar-refractivity contribution is 9.37. The molecule has 0 aromatic rings. The average Bonchev–Trinajstić information content (AvgIpc) is 2.01. The summed E-state index contributed by atoms with van der Waals surface area (Å²) in [6, 6.07) is 0. The maximum atomic E-state index is 5.38. The summed E-state index contributed by atoms with van der Waals surface area (Å²) in [7, 11) is 4.25. The van der Waals surface area contributed by atoms with E-state index in [2.05, 4.69) is 18.6 Å². The quantitative estimate of drug-likeness (QED) is 0.434. The van der Waals surface area contributed by atoms with Gasteiger partial charge in [-0.2, -0.15) is 0 Å². The van der Waals surface area contributed by atoms with E-state index in [1.807, 2.05) is 0 Å². The molecule has 0 aromatic carbocycles. The maximum Gasteiger partial charge on any atom is 0.0820 e. The van der Waals surface area contributed by atoms with Crippen molar-refractivity contribution in [2.45, 2.75) is 19.8 Å². The Morgan fingerprint density at radius 2 is 2.17 bits per heavy atom. The predicted molar refractivity (Wildman–Crippen MR) is 74.7 cm³/mol. The highest BCUT2D eigenvalue weighted by Crippen LogP contribution is 2.41. The second-order valence-electron chi connectivity index (χ2n) is 1.79. The molecular formula is C4H10OS7. The lowest BCUT2D eigenvalue weighted by molar-refractivity contribution is 0.363. The fraction of sp³-hybridized carbons (Fsp3) is 1.00. The molecule has 1 nitrogen and oxygen atoms in total. The van der Waals surface area contributed by atoms with Crippen molar-refractivity contribution in [3.63, 3.8) is 0 Å². The van der Waals surface area contributed by atoms with E-state index >= 15 is 0 Å². The van der Waals surface area contributed by atoms with Crippen LogP contribution in [0.25, 0.3) is 0 Å². The van der Waals surface area contributed by atoms with Crippen LogP contribution >= 0.6 is 41.1 Å². The van der Waals surface area contributed by atoms with E-state index < -0.39 is 6.46 Å². The van der Waals surface area contributed by atoms with Crippen LogP contribution in [0.2, 0.25) is 0 Å². The molecule has 0 amide bonds. The molecule has 0 radical (unpaired) electrons. The van der Waals surface area contributed by atoms with Crippen LogP contribution in [-0.2, 0) is 33.0 Å². The van der Waals surface area contributed by atoms with Gasteiger partial charge in [-0.25, -0.2) is 0 Å². The van der Waals surface area contributed by atoms with Gasteiger partial charge in [-0.05, 0) is 38.6 Å². The molecule has 0 spiro atoms. The number of thiol groups is 1. The first-order valence-electron chi connectivity index (χ1n) is 3.18. The molecule has 0 unspecified atom stereocenters. The first kappa shape index (κ1) is 14.2. The Balaban J connectivity index is 3.58. The van der Waals surface area contributed by atoms with Gasteiger partial charge < -0.3 is 4.18 Å². The Kier molecular flexibility index (Phi) is 9.97. The van der Waals surface area contributed by atoms with Gasteiger partial charge in [0.2, 0.25) is 0 Å². The third-order valence-electron chi connectivity index (χ3n) is 0.867. The van der Waals surface area contributed by atoms with E-state index in [1.165, 1.54) is 29.5 Å². The molecule has 0 atom stereocenters. The van der Waals surface area contributed by atoms with Gasteiger partial charge in [0.25, 0.3) is 0 Å². The normalized spacial score (nSPS) is 11.8. The molecule has 8 heteroatoms. The highest BCUT2D eigenvalue weighted by Gasteiger charge is 2.03. The van der Waals surface area contributed by atoms with Crippen LogP contribution < -0.4 is 0 Å². The molecule has 12 heavy (non-hydrogen) atoms. The minimum absolute atomic E-state index is 0.684. The lowest BCUT2D eigenvalue weighted by Crippen LogP contribution is -1.97. The molecule has 0 rings (SSSR count). The van der Waals surface area contributed by atoms with Crippen molar-refractivity contribution in [2.24, 2.45) is 0 Å². The fourth-order valence-corrected chi connectivity index (χ4v) is 11.2. The van der Waals surface area contributed by atoms with Crippen LogP contribution in [0.15, 0.2) is 0 Å². The van der Waals surface area contributed by atoms with E-state index in [0.717, 1.165) is 12.8 Å². The average molecular weight is 299 g/mol. The Morgan fingerprint density at radius 3 is 2.67 bits per heavy atom. The Hall–Kier alpha value is 2.15. The molecule has 0 aliphatic rings. The van der Waals surface area contributed by atoms with Crippen LogP contribution in [0.4, 0.5) is 0 Å². The highest BCUT2D eigenvalue weighted by atomic mass is 33.9. The van der Waals surface area contributed by atoms with Gasteiger partial charge in [-0.1, -0.05) is 25.0 Å². The summed E-state index contributed by atoms with van der Waals surface area (Å²) in [4.78, 5) is 0. The summed E-state index contributed by atoms with van der Waals surface area (Å²) >= 11 is 14.2. The summed E-state index contributed by atoms with van der Waals surface area (Å²) in [6.07, 6.45) is 2.14. The first-order valence-corrected chi connectivity index (χ1v) is 11.6. The number of unbranched alkanes of at least 4 members (excludes halogenated alkanes) is 1. The largest absolute Gasteiger partial charge is 0.301 e. The molecule has 0 N–H and O–H groups in total. The van der Waals surface area contributed by atoms with Crippen LogP contribution in [0, 0.1) is 0 Å². The number of hydrogen-bond donors (Lipinski definition) is 1. The van der Waals surface area contributed by atoms with Crippen LogP contribution in [0.5, 0.6) is 0 Å². The van der Waals surface area contributed by atoms with Gasteiger partial charge in [-0.15, -0.1) is 0 Å². The molecule has 0 saturated heterocycles. The van der Waals surface area contributed by atoms with Crippen molar-refractivity contribution in [1.29, 1.82) is 0 Å². The lowest BCUT2D eigenvalue weighted by atomic mass is 10.4. The summed E-state index contributed by atoms with van der Waals surface area (Å²) in [5.41, 5.74) is 0. The van der Waals surface area contributed by atoms with Crippen LogP contribution in [0.3, 0.4) is 0 Å². The topological polar surface area (TPSA) is 9.23 Å². The van der Waals surface area contributed by atoms with E-state index in [9.17, 15) is 0 Å². The minimum atomic E-state index is -1.74. The molecule has 0 bridgehead atoms. The van der Waals surface area contributed by atoms with Crippen molar-refractivity contribution in [1.82, 2.24) is 0 Å².